The molecule has 6 heteroatoms. The standard InChI is InChI=1S/C13H18F2N2O2/c1-19-8-7-16-5-6-17-13(18)9-10-11(14)3-2-4-12(10)15/h2-4,16H,5-9H2,1H3,(H,17,18). The molecule has 0 heterocycles. The highest BCUT2D eigenvalue weighted by Crippen LogP contribution is 2.12. The minimum absolute atomic E-state index is 0.202. The Hall–Kier alpha value is -1.53. The van der Waals surface area contributed by atoms with Gasteiger partial charge in [0.25, 0.3) is 0 Å². The van der Waals surface area contributed by atoms with E-state index in [0.29, 0.717) is 26.2 Å². The summed E-state index contributed by atoms with van der Waals surface area (Å²) in [6.07, 6.45) is -0.295. The molecule has 1 aromatic carbocycles. The number of hydrogen-bond acceptors (Lipinski definition) is 3. The molecule has 0 saturated carbocycles. The summed E-state index contributed by atoms with van der Waals surface area (Å²) in [6, 6.07) is 3.54. The maximum absolute atomic E-state index is 13.3. The highest BCUT2D eigenvalue weighted by Gasteiger charge is 2.12. The third kappa shape index (κ3) is 5.76. The van der Waals surface area contributed by atoms with Crippen LogP contribution in [0.15, 0.2) is 18.2 Å². The van der Waals surface area contributed by atoms with Gasteiger partial charge in [-0.05, 0) is 12.1 Å². The van der Waals surface area contributed by atoms with Crippen molar-refractivity contribution in [2.24, 2.45) is 0 Å². The van der Waals surface area contributed by atoms with Gasteiger partial charge in [-0.3, -0.25) is 4.79 Å². The summed E-state index contributed by atoms with van der Waals surface area (Å²) in [5.41, 5.74) is -0.202. The first kappa shape index (κ1) is 15.5. The number of methoxy groups -OCH3 is 1. The molecule has 4 nitrogen and oxygen atoms in total. The Balaban J connectivity index is 2.28. The third-order valence-corrected chi connectivity index (χ3v) is 2.51. The second-order valence-corrected chi connectivity index (χ2v) is 3.97. The molecule has 0 aliphatic rings. The SMILES string of the molecule is COCCNCCNC(=O)Cc1c(F)cccc1F. The van der Waals surface area contributed by atoms with Crippen molar-refractivity contribution in [3.05, 3.63) is 35.4 Å². The fourth-order valence-corrected chi connectivity index (χ4v) is 1.51. The maximum Gasteiger partial charge on any atom is 0.224 e. The molecule has 0 spiro atoms. The number of hydrogen-bond donors (Lipinski definition) is 2. The summed E-state index contributed by atoms with van der Waals surface area (Å²) in [7, 11) is 1.60. The summed E-state index contributed by atoms with van der Waals surface area (Å²) >= 11 is 0. The molecular formula is C13H18F2N2O2. The van der Waals surface area contributed by atoms with Gasteiger partial charge in [0.1, 0.15) is 11.6 Å². The molecule has 0 atom stereocenters. The van der Waals surface area contributed by atoms with Crippen molar-refractivity contribution < 1.29 is 18.3 Å². The average molecular weight is 272 g/mol. The Morgan fingerprint density at radius 2 is 1.89 bits per heavy atom. The Morgan fingerprint density at radius 1 is 1.21 bits per heavy atom. The molecule has 0 saturated heterocycles. The molecule has 1 rings (SSSR count). The highest BCUT2D eigenvalue weighted by atomic mass is 19.1. The first-order valence-corrected chi connectivity index (χ1v) is 6.04. The van der Waals surface area contributed by atoms with Gasteiger partial charge in [0.15, 0.2) is 0 Å². The minimum Gasteiger partial charge on any atom is -0.383 e. The topological polar surface area (TPSA) is 50.4 Å². The molecule has 1 aromatic rings. The molecular weight excluding hydrogens is 254 g/mol. The predicted molar refractivity (Wildman–Crippen MR) is 67.8 cm³/mol. The van der Waals surface area contributed by atoms with Gasteiger partial charge < -0.3 is 15.4 Å². The van der Waals surface area contributed by atoms with Crippen molar-refractivity contribution in [3.63, 3.8) is 0 Å². The number of halogens is 2. The quantitative estimate of drug-likeness (QED) is 0.690. The summed E-state index contributed by atoms with van der Waals surface area (Å²) in [5.74, 6) is -1.81. The van der Waals surface area contributed by atoms with E-state index in [4.69, 9.17) is 4.74 Å². The van der Waals surface area contributed by atoms with E-state index in [1.54, 1.807) is 7.11 Å². The number of rotatable bonds is 8. The molecule has 0 unspecified atom stereocenters. The van der Waals surface area contributed by atoms with E-state index in [9.17, 15) is 13.6 Å². The largest absolute Gasteiger partial charge is 0.383 e. The lowest BCUT2D eigenvalue weighted by Gasteiger charge is -2.07. The molecule has 0 bridgehead atoms. The van der Waals surface area contributed by atoms with Crippen LogP contribution in [0.5, 0.6) is 0 Å². The Labute approximate surface area is 111 Å². The summed E-state index contributed by atoms with van der Waals surface area (Å²) in [6.45, 7) is 2.26. The molecule has 0 fully saturated rings. The normalized spacial score (nSPS) is 10.5. The Morgan fingerprint density at radius 3 is 2.53 bits per heavy atom. The molecule has 0 aromatic heterocycles. The Kier molecular flexibility index (Phi) is 6.99. The predicted octanol–water partition coefficient (Wildman–Crippen LogP) is 0.859. The summed E-state index contributed by atoms with van der Waals surface area (Å²) < 4.78 is 31.4. The van der Waals surface area contributed by atoms with E-state index in [-0.39, 0.29) is 12.0 Å². The van der Waals surface area contributed by atoms with Crippen molar-refractivity contribution in [2.45, 2.75) is 6.42 Å². The zero-order chi connectivity index (χ0) is 14.1. The van der Waals surface area contributed by atoms with Crippen LogP contribution in [0.3, 0.4) is 0 Å². The van der Waals surface area contributed by atoms with E-state index in [2.05, 4.69) is 10.6 Å². The fraction of sp³-hybridized carbons (Fsp3) is 0.462. The zero-order valence-corrected chi connectivity index (χ0v) is 10.8. The van der Waals surface area contributed by atoms with Crippen LogP contribution in [0.4, 0.5) is 8.78 Å². The second kappa shape index (κ2) is 8.55. The van der Waals surface area contributed by atoms with Crippen molar-refractivity contribution in [1.29, 1.82) is 0 Å². The summed E-state index contributed by atoms with van der Waals surface area (Å²) in [5, 5.41) is 5.63. The van der Waals surface area contributed by atoms with Crippen LogP contribution in [-0.2, 0) is 16.0 Å². The lowest BCUT2D eigenvalue weighted by molar-refractivity contribution is -0.120. The average Bonchev–Trinajstić information content (AvgIpc) is 2.38. The van der Waals surface area contributed by atoms with Gasteiger partial charge in [-0.2, -0.15) is 0 Å². The van der Waals surface area contributed by atoms with Crippen molar-refractivity contribution in [2.75, 3.05) is 33.4 Å². The van der Waals surface area contributed by atoms with Crippen LogP contribution in [0, 0.1) is 11.6 Å². The number of carbonyl (C=O) groups is 1. The number of ether oxygens (including phenoxy) is 1. The van der Waals surface area contributed by atoms with E-state index in [0.717, 1.165) is 12.1 Å². The number of carbonyl (C=O) groups excluding carboxylic acids is 1. The van der Waals surface area contributed by atoms with Crippen LogP contribution in [0.1, 0.15) is 5.56 Å². The first-order valence-electron chi connectivity index (χ1n) is 6.04. The molecule has 106 valence electrons. The lowest BCUT2D eigenvalue weighted by Crippen LogP contribution is -2.34. The van der Waals surface area contributed by atoms with Crippen LogP contribution >= 0.6 is 0 Å². The number of nitrogens with one attached hydrogen (secondary N) is 2. The van der Waals surface area contributed by atoms with E-state index < -0.39 is 17.5 Å². The smallest absolute Gasteiger partial charge is 0.224 e. The molecule has 1 amide bonds. The number of amides is 1. The van der Waals surface area contributed by atoms with Gasteiger partial charge in [-0.15, -0.1) is 0 Å². The van der Waals surface area contributed by atoms with E-state index in [1.165, 1.54) is 6.07 Å². The zero-order valence-electron chi connectivity index (χ0n) is 10.8. The van der Waals surface area contributed by atoms with Crippen molar-refractivity contribution in [1.82, 2.24) is 10.6 Å². The fourth-order valence-electron chi connectivity index (χ4n) is 1.51. The molecule has 2 N–H and O–H groups in total. The lowest BCUT2D eigenvalue weighted by atomic mass is 10.1. The van der Waals surface area contributed by atoms with Crippen LogP contribution < -0.4 is 10.6 Å². The molecule has 0 aliphatic carbocycles. The maximum atomic E-state index is 13.3. The van der Waals surface area contributed by atoms with Crippen LogP contribution in [0.2, 0.25) is 0 Å². The van der Waals surface area contributed by atoms with Gasteiger partial charge >= 0.3 is 0 Å². The van der Waals surface area contributed by atoms with Crippen LogP contribution in [-0.4, -0.2) is 39.3 Å². The van der Waals surface area contributed by atoms with Gasteiger partial charge in [-0.1, -0.05) is 6.07 Å². The first-order chi connectivity index (χ1) is 9.15. The second-order valence-electron chi connectivity index (χ2n) is 3.97. The highest BCUT2D eigenvalue weighted by molar-refractivity contribution is 5.78. The summed E-state index contributed by atoms with van der Waals surface area (Å²) in [4.78, 5) is 11.5. The van der Waals surface area contributed by atoms with E-state index in [1.807, 2.05) is 0 Å². The molecule has 19 heavy (non-hydrogen) atoms. The molecule has 0 aliphatic heterocycles. The minimum atomic E-state index is -0.701. The van der Waals surface area contributed by atoms with Crippen molar-refractivity contribution in [3.8, 4) is 0 Å². The van der Waals surface area contributed by atoms with Gasteiger partial charge in [-0.25, -0.2) is 8.78 Å². The van der Waals surface area contributed by atoms with Gasteiger partial charge in [0, 0.05) is 32.3 Å². The number of benzene rings is 1. The van der Waals surface area contributed by atoms with Crippen molar-refractivity contribution >= 4 is 5.91 Å². The Bertz CT molecular complexity index is 393. The third-order valence-electron chi connectivity index (χ3n) is 2.51. The van der Waals surface area contributed by atoms with Crippen LogP contribution in [0.25, 0.3) is 0 Å². The monoisotopic (exact) mass is 272 g/mol. The van der Waals surface area contributed by atoms with Gasteiger partial charge in [0.05, 0.1) is 13.0 Å². The van der Waals surface area contributed by atoms with E-state index >= 15 is 0 Å². The van der Waals surface area contributed by atoms with Gasteiger partial charge in [0.2, 0.25) is 5.91 Å². The molecule has 0 radical (unpaired) electrons.